The monoisotopic (exact) mass is 355 g/mol. The summed E-state index contributed by atoms with van der Waals surface area (Å²) in [4.78, 5) is 12.1. The van der Waals surface area contributed by atoms with Crippen LogP contribution in [-0.2, 0) is 14.8 Å². The number of methoxy groups -OCH3 is 1. The summed E-state index contributed by atoms with van der Waals surface area (Å²) >= 11 is 0. The average molecular weight is 355 g/mol. The number of carbonyl (C=O) groups excluding carboxylic acids is 1. The lowest BCUT2D eigenvalue weighted by molar-refractivity contribution is 0.0504. The van der Waals surface area contributed by atoms with E-state index < -0.39 is 16.0 Å². The molecule has 0 spiro atoms. The lowest BCUT2D eigenvalue weighted by atomic mass is 10.2. The number of hydrogen-bond acceptors (Lipinski definition) is 5. The zero-order valence-corrected chi connectivity index (χ0v) is 15.1. The Labute approximate surface area is 143 Å². The van der Waals surface area contributed by atoms with Gasteiger partial charge in [0.05, 0.1) is 19.3 Å². The summed E-state index contributed by atoms with van der Waals surface area (Å²) in [5.41, 5.74) is 0.220. The van der Waals surface area contributed by atoms with Crippen LogP contribution in [0, 0.1) is 0 Å². The molecule has 2 rings (SSSR count). The third-order valence-electron chi connectivity index (χ3n) is 4.02. The third-order valence-corrected chi connectivity index (χ3v) is 5.94. The molecule has 0 atom stereocenters. The van der Waals surface area contributed by atoms with E-state index in [4.69, 9.17) is 9.47 Å². The number of carbonyl (C=O) groups is 1. The van der Waals surface area contributed by atoms with E-state index in [1.165, 1.54) is 29.6 Å². The summed E-state index contributed by atoms with van der Waals surface area (Å²) in [5.74, 6) is -0.280. The van der Waals surface area contributed by atoms with Crippen molar-refractivity contribution in [3.63, 3.8) is 0 Å². The normalized spacial score (nSPS) is 16.4. The fourth-order valence-electron chi connectivity index (χ4n) is 2.70. The minimum absolute atomic E-state index is 0.0258. The molecule has 1 aliphatic rings. The van der Waals surface area contributed by atoms with Crippen LogP contribution in [0.5, 0.6) is 5.75 Å². The van der Waals surface area contributed by atoms with Crippen LogP contribution in [0.15, 0.2) is 23.1 Å². The number of rotatable bonds is 6. The van der Waals surface area contributed by atoms with Gasteiger partial charge in [-0.1, -0.05) is 19.8 Å². The van der Waals surface area contributed by atoms with Gasteiger partial charge in [-0.2, -0.15) is 4.31 Å². The Balaban J connectivity index is 2.37. The number of sulfonamides is 1. The summed E-state index contributed by atoms with van der Waals surface area (Å²) in [7, 11) is -2.28. The van der Waals surface area contributed by atoms with Crippen molar-refractivity contribution in [1.82, 2.24) is 4.31 Å². The number of hydrogen-bond donors (Lipinski definition) is 0. The molecule has 0 N–H and O–H groups in total. The Morgan fingerprint density at radius 1 is 1.17 bits per heavy atom. The van der Waals surface area contributed by atoms with Gasteiger partial charge in [-0.25, -0.2) is 13.2 Å². The lowest BCUT2D eigenvalue weighted by Crippen LogP contribution is -2.32. The van der Waals surface area contributed by atoms with Crippen molar-refractivity contribution < 1.29 is 22.7 Å². The summed E-state index contributed by atoms with van der Waals surface area (Å²) < 4.78 is 37.8. The van der Waals surface area contributed by atoms with Crippen molar-refractivity contribution >= 4 is 16.0 Å². The number of nitrogens with zero attached hydrogens (tertiary/aromatic N) is 1. The highest BCUT2D eigenvalue weighted by Gasteiger charge is 2.29. The molecule has 0 unspecified atom stereocenters. The molecule has 0 saturated carbocycles. The molecule has 0 aromatic heterocycles. The largest absolute Gasteiger partial charge is 0.495 e. The summed E-state index contributed by atoms with van der Waals surface area (Å²) in [5, 5.41) is 0. The zero-order chi connectivity index (χ0) is 17.6. The minimum atomic E-state index is -3.70. The molecule has 6 nitrogen and oxygen atoms in total. The van der Waals surface area contributed by atoms with Gasteiger partial charge in [0.15, 0.2) is 0 Å². The summed E-state index contributed by atoms with van der Waals surface area (Å²) in [6, 6.07) is 4.39. The summed E-state index contributed by atoms with van der Waals surface area (Å²) in [6.45, 7) is 3.20. The standard InChI is InChI=1S/C17H25NO5S/c1-3-12-23-17(19)14-8-9-15(22-2)16(13-14)24(20,21)18-10-6-4-5-7-11-18/h8-9,13H,3-7,10-12H2,1-2H3. The fourth-order valence-corrected chi connectivity index (χ4v) is 4.40. The van der Waals surface area contributed by atoms with Crippen LogP contribution in [0.25, 0.3) is 0 Å². The summed E-state index contributed by atoms with van der Waals surface area (Å²) in [6.07, 6.45) is 4.47. The van der Waals surface area contributed by atoms with E-state index in [1.807, 2.05) is 6.92 Å². The molecule has 134 valence electrons. The maximum atomic E-state index is 13.0. The van der Waals surface area contributed by atoms with Gasteiger partial charge in [-0.3, -0.25) is 0 Å². The van der Waals surface area contributed by atoms with Gasteiger partial charge in [-0.05, 0) is 37.5 Å². The van der Waals surface area contributed by atoms with Crippen LogP contribution in [0.2, 0.25) is 0 Å². The number of benzene rings is 1. The van der Waals surface area contributed by atoms with Crippen LogP contribution in [0.4, 0.5) is 0 Å². The lowest BCUT2D eigenvalue weighted by Gasteiger charge is -2.21. The molecule has 0 aliphatic carbocycles. The van der Waals surface area contributed by atoms with Crippen molar-refractivity contribution in [2.24, 2.45) is 0 Å². The van der Waals surface area contributed by atoms with Gasteiger partial charge in [0, 0.05) is 13.1 Å². The second-order valence-corrected chi connectivity index (χ2v) is 7.73. The number of esters is 1. The molecule has 1 aromatic rings. The van der Waals surface area contributed by atoms with Crippen molar-refractivity contribution in [3.8, 4) is 5.75 Å². The SMILES string of the molecule is CCCOC(=O)c1ccc(OC)c(S(=O)(=O)N2CCCCCC2)c1. The molecule has 24 heavy (non-hydrogen) atoms. The number of ether oxygens (including phenoxy) is 2. The highest BCUT2D eigenvalue weighted by atomic mass is 32.2. The van der Waals surface area contributed by atoms with E-state index in [0.717, 1.165) is 25.7 Å². The molecule has 0 radical (unpaired) electrons. The first-order chi connectivity index (χ1) is 11.5. The first-order valence-electron chi connectivity index (χ1n) is 8.36. The van der Waals surface area contributed by atoms with Crippen LogP contribution >= 0.6 is 0 Å². The van der Waals surface area contributed by atoms with Gasteiger partial charge in [0.2, 0.25) is 10.0 Å². The van der Waals surface area contributed by atoms with Crippen LogP contribution in [0.1, 0.15) is 49.4 Å². The third kappa shape index (κ3) is 4.27. The van der Waals surface area contributed by atoms with Crippen molar-refractivity contribution in [1.29, 1.82) is 0 Å². The average Bonchev–Trinajstić information content (AvgIpc) is 2.89. The first-order valence-corrected chi connectivity index (χ1v) is 9.80. The molecule has 0 amide bonds. The second-order valence-electron chi connectivity index (χ2n) is 5.82. The smallest absolute Gasteiger partial charge is 0.338 e. The van der Waals surface area contributed by atoms with E-state index in [1.54, 1.807) is 0 Å². The van der Waals surface area contributed by atoms with E-state index in [0.29, 0.717) is 26.1 Å². The van der Waals surface area contributed by atoms with Crippen LogP contribution < -0.4 is 4.74 Å². The molecular formula is C17H25NO5S. The molecule has 1 aromatic carbocycles. The van der Waals surface area contributed by atoms with E-state index in [-0.39, 0.29) is 16.2 Å². The van der Waals surface area contributed by atoms with Gasteiger partial charge in [-0.15, -0.1) is 0 Å². The quantitative estimate of drug-likeness (QED) is 0.734. The van der Waals surface area contributed by atoms with Gasteiger partial charge in [0.1, 0.15) is 10.6 Å². The molecule has 7 heteroatoms. The maximum absolute atomic E-state index is 13.0. The van der Waals surface area contributed by atoms with Crippen LogP contribution in [0.3, 0.4) is 0 Å². The molecule has 0 bridgehead atoms. The Kier molecular flexibility index (Phi) is 6.62. The zero-order valence-electron chi connectivity index (χ0n) is 14.3. The Bertz CT molecular complexity index is 664. The van der Waals surface area contributed by atoms with Gasteiger partial charge in [0.25, 0.3) is 0 Å². The molecule has 1 saturated heterocycles. The van der Waals surface area contributed by atoms with Gasteiger partial charge < -0.3 is 9.47 Å². The van der Waals surface area contributed by atoms with E-state index in [9.17, 15) is 13.2 Å². The highest BCUT2D eigenvalue weighted by Crippen LogP contribution is 2.29. The molecular weight excluding hydrogens is 330 g/mol. The maximum Gasteiger partial charge on any atom is 0.338 e. The van der Waals surface area contributed by atoms with E-state index >= 15 is 0 Å². The molecule has 1 fully saturated rings. The van der Waals surface area contributed by atoms with Crippen molar-refractivity contribution in [2.45, 2.75) is 43.9 Å². The second kappa shape index (κ2) is 8.48. The molecule has 1 heterocycles. The minimum Gasteiger partial charge on any atom is -0.495 e. The highest BCUT2D eigenvalue weighted by molar-refractivity contribution is 7.89. The molecule has 1 aliphatic heterocycles. The van der Waals surface area contributed by atoms with E-state index in [2.05, 4.69) is 0 Å². The topological polar surface area (TPSA) is 72.9 Å². The fraction of sp³-hybridized carbons (Fsp3) is 0.588. The van der Waals surface area contributed by atoms with Crippen LogP contribution in [-0.4, -0.2) is 45.5 Å². The van der Waals surface area contributed by atoms with Gasteiger partial charge >= 0.3 is 5.97 Å². The first kappa shape index (κ1) is 18.7. The Morgan fingerprint density at radius 2 is 1.83 bits per heavy atom. The van der Waals surface area contributed by atoms with Crippen molar-refractivity contribution in [2.75, 3.05) is 26.8 Å². The Hall–Kier alpha value is -1.60. The Morgan fingerprint density at radius 3 is 2.42 bits per heavy atom. The predicted octanol–water partition coefficient (Wildman–Crippen LogP) is 2.83. The van der Waals surface area contributed by atoms with Crippen molar-refractivity contribution in [3.05, 3.63) is 23.8 Å². The predicted molar refractivity (Wildman–Crippen MR) is 90.8 cm³/mol.